The van der Waals surface area contributed by atoms with Crippen molar-refractivity contribution in [3.63, 3.8) is 0 Å². The van der Waals surface area contributed by atoms with E-state index in [4.69, 9.17) is 23.2 Å². The summed E-state index contributed by atoms with van der Waals surface area (Å²) in [6.07, 6.45) is 0. The summed E-state index contributed by atoms with van der Waals surface area (Å²) in [5, 5.41) is 6.86. The van der Waals surface area contributed by atoms with Crippen molar-refractivity contribution in [1.82, 2.24) is 5.32 Å². The van der Waals surface area contributed by atoms with Crippen LogP contribution in [-0.2, 0) is 4.79 Å². The summed E-state index contributed by atoms with van der Waals surface area (Å²) in [4.78, 5) is 12.0. The maximum Gasteiger partial charge on any atom is 0.242 e. The standard InChI is InChI=1S/C13H17BrCl2N2O/c1-7(12(19)18-13(2,3)4)17-11-9(15)5-8(14)6-10(11)16/h5-7,17H,1-4H3,(H,18,19). The minimum atomic E-state index is -0.435. The van der Waals surface area contributed by atoms with Crippen LogP contribution in [0.15, 0.2) is 16.6 Å². The summed E-state index contributed by atoms with van der Waals surface area (Å²) in [6, 6.07) is 3.02. The zero-order valence-electron chi connectivity index (χ0n) is 11.3. The van der Waals surface area contributed by atoms with Gasteiger partial charge < -0.3 is 10.6 Å². The number of hydrogen-bond acceptors (Lipinski definition) is 2. The minimum Gasteiger partial charge on any atom is -0.371 e. The second kappa shape index (κ2) is 6.33. The molecule has 0 saturated heterocycles. The molecule has 0 saturated carbocycles. The van der Waals surface area contributed by atoms with Crippen LogP contribution in [0, 0.1) is 0 Å². The Morgan fingerprint density at radius 1 is 1.26 bits per heavy atom. The Hall–Kier alpha value is -0.450. The molecular formula is C13H17BrCl2N2O. The average molecular weight is 368 g/mol. The van der Waals surface area contributed by atoms with Crippen LogP contribution in [0.25, 0.3) is 0 Å². The van der Waals surface area contributed by atoms with Crippen LogP contribution in [0.4, 0.5) is 5.69 Å². The SMILES string of the molecule is CC(Nc1c(Cl)cc(Br)cc1Cl)C(=O)NC(C)(C)C. The monoisotopic (exact) mass is 366 g/mol. The molecule has 0 aromatic heterocycles. The summed E-state index contributed by atoms with van der Waals surface area (Å²) in [6.45, 7) is 7.54. The maximum atomic E-state index is 12.0. The number of benzene rings is 1. The molecule has 6 heteroatoms. The first kappa shape index (κ1) is 16.6. The molecular weight excluding hydrogens is 351 g/mol. The average Bonchev–Trinajstić information content (AvgIpc) is 2.20. The van der Waals surface area contributed by atoms with Crippen LogP contribution in [0.1, 0.15) is 27.7 Å². The van der Waals surface area contributed by atoms with E-state index in [0.717, 1.165) is 4.47 Å². The smallest absolute Gasteiger partial charge is 0.242 e. The van der Waals surface area contributed by atoms with Crippen LogP contribution >= 0.6 is 39.1 Å². The third-order valence-electron chi connectivity index (χ3n) is 2.26. The zero-order valence-corrected chi connectivity index (χ0v) is 14.4. The van der Waals surface area contributed by atoms with E-state index in [1.807, 2.05) is 20.8 Å². The molecule has 0 aliphatic carbocycles. The summed E-state index contributed by atoms with van der Waals surface area (Å²) in [5.74, 6) is -0.109. The van der Waals surface area contributed by atoms with Gasteiger partial charge in [0, 0.05) is 10.0 Å². The van der Waals surface area contributed by atoms with E-state index < -0.39 is 6.04 Å². The van der Waals surface area contributed by atoms with Gasteiger partial charge in [-0.2, -0.15) is 0 Å². The molecule has 106 valence electrons. The molecule has 0 aliphatic rings. The number of anilines is 1. The van der Waals surface area contributed by atoms with Gasteiger partial charge in [-0.3, -0.25) is 4.79 Å². The maximum absolute atomic E-state index is 12.0. The van der Waals surface area contributed by atoms with Gasteiger partial charge in [0.1, 0.15) is 6.04 Å². The summed E-state index contributed by atoms with van der Waals surface area (Å²) in [5.41, 5.74) is 0.281. The lowest BCUT2D eigenvalue weighted by Gasteiger charge is -2.24. The van der Waals surface area contributed by atoms with Crippen molar-refractivity contribution in [2.45, 2.75) is 39.3 Å². The lowest BCUT2D eigenvalue weighted by atomic mass is 10.1. The third kappa shape index (κ3) is 5.21. The summed E-state index contributed by atoms with van der Waals surface area (Å²) < 4.78 is 0.792. The first-order valence-electron chi connectivity index (χ1n) is 5.83. The molecule has 0 radical (unpaired) electrons. The predicted octanol–water partition coefficient (Wildman–Crippen LogP) is 4.47. The second-order valence-electron chi connectivity index (χ2n) is 5.35. The van der Waals surface area contributed by atoms with Gasteiger partial charge in [-0.05, 0) is 39.8 Å². The lowest BCUT2D eigenvalue weighted by Crippen LogP contribution is -2.47. The van der Waals surface area contributed by atoms with Crippen LogP contribution < -0.4 is 10.6 Å². The third-order valence-corrected chi connectivity index (χ3v) is 3.31. The van der Waals surface area contributed by atoms with E-state index >= 15 is 0 Å². The molecule has 2 N–H and O–H groups in total. The zero-order chi connectivity index (χ0) is 14.8. The number of amides is 1. The Labute approximate surface area is 132 Å². The Morgan fingerprint density at radius 2 is 1.74 bits per heavy atom. The van der Waals surface area contributed by atoms with Crippen molar-refractivity contribution in [2.75, 3.05) is 5.32 Å². The van der Waals surface area contributed by atoms with Gasteiger partial charge in [-0.1, -0.05) is 39.1 Å². The molecule has 1 unspecified atom stereocenters. The van der Waals surface area contributed by atoms with E-state index in [1.165, 1.54) is 0 Å². The molecule has 0 spiro atoms. The number of halogens is 3. The summed E-state index contributed by atoms with van der Waals surface area (Å²) in [7, 11) is 0. The van der Waals surface area contributed by atoms with E-state index in [0.29, 0.717) is 15.7 Å². The van der Waals surface area contributed by atoms with Gasteiger partial charge in [0.25, 0.3) is 0 Å². The van der Waals surface area contributed by atoms with Gasteiger partial charge in [0.05, 0.1) is 15.7 Å². The van der Waals surface area contributed by atoms with E-state index in [1.54, 1.807) is 19.1 Å². The highest BCUT2D eigenvalue weighted by atomic mass is 79.9. The lowest BCUT2D eigenvalue weighted by molar-refractivity contribution is -0.122. The second-order valence-corrected chi connectivity index (χ2v) is 7.08. The van der Waals surface area contributed by atoms with Crippen molar-refractivity contribution in [1.29, 1.82) is 0 Å². The number of hydrogen-bond donors (Lipinski definition) is 2. The van der Waals surface area contributed by atoms with Crippen molar-refractivity contribution in [3.05, 3.63) is 26.7 Å². The van der Waals surface area contributed by atoms with Crippen LogP contribution in [0.2, 0.25) is 10.0 Å². The summed E-state index contributed by atoms with van der Waals surface area (Å²) >= 11 is 15.5. The van der Waals surface area contributed by atoms with E-state index in [-0.39, 0.29) is 11.4 Å². The van der Waals surface area contributed by atoms with Crippen LogP contribution in [0.3, 0.4) is 0 Å². The quantitative estimate of drug-likeness (QED) is 0.827. The number of carbonyl (C=O) groups excluding carboxylic acids is 1. The Morgan fingerprint density at radius 3 is 2.16 bits per heavy atom. The minimum absolute atomic E-state index is 0.109. The Balaban J connectivity index is 2.83. The van der Waals surface area contributed by atoms with Crippen LogP contribution in [0.5, 0.6) is 0 Å². The molecule has 1 rings (SSSR count). The highest BCUT2D eigenvalue weighted by Crippen LogP contribution is 2.34. The number of nitrogens with one attached hydrogen (secondary N) is 2. The fourth-order valence-electron chi connectivity index (χ4n) is 1.44. The molecule has 1 amide bonds. The fraction of sp³-hybridized carbons (Fsp3) is 0.462. The molecule has 0 fully saturated rings. The molecule has 3 nitrogen and oxygen atoms in total. The molecule has 1 aromatic carbocycles. The van der Waals surface area contributed by atoms with E-state index in [2.05, 4.69) is 26.6 Å². The fourth-order valence-corrected chi connectivity index (χ4v) is 2.76. The molecule has 1 aromatic rings. The van der Waals surface area contributed by atoms with Crippen molar-refractivity contribution in [2.24, 2.45) is 0 Å². The van der Waals surface area contributed by atoms with Crippen molar-refractivity contribution >= 4 is 50.7 Å². The Kier molecular flexibility index (Phi) is 5.53. The van der Waals surface area contributed by atoms with Crippen molar-refractivity contribution in [3.8, 4) is 0 Å². The van der Waals surface area contributed by atoms with Gasteiger partial charge in [0.15, 0.2) is 0 Å². The predicted molar refractivity (Wildman–Crippen MR) is 85.1 cm³/mol. The van der Waals surface area contributed by atoms with E-state index in [9.17, 15) is 4.79 Å². The van der Waals surface area contributed by atoms with Gasteiger partial charge in [0.2, 0.25) is 5.91 Å². The highest BCUT2D eigenvalue weighted by Gasteiger charge is 2.20. The van der Waals surface area contributed by atoms with Gasteiger partial charge in [-0.25, -0.2) is 0 Å². The highest BCUT2D eigenvalue weighted by molar-refractivity contribution is 9.10. The molecule has 1 atom stereocenters. The van der Waals surface area contributed by atoms with Gasteiger partial charge in [-0.15, -0.1) is 0 Å². The normalized spacial score (nSPS) is 13.0. The Bertz CT molecular complexity index is 463. The molecule has 19 heavy (non-hydrogen) atoms. The van der Waals surface area contributed by atoms with Gasteiger partial charge >= 0.3 is 0 Å². The molecule has 0 heterocycles. The first-order valence-corrected chi connectivity index (χ1v) is 7.38. The molecule has 0 aliphatic heterocycles. The topological polar surface area (TPSA) is 41.1 Å². The number of rotatable bonds is 3. The van der Waals surface area contributed by atoms with Crippen molar-refractivity contribution < 1.29 is 4.79 Å². The van der Waals surface area contributed by atoms with Crippen LogP contribution in [-0.4, -0.2) is 17.5 Å². The molecule has 0 bridgehead atoms. The largest absolute Gasteiger partial charge is 0.371 e. The first-order chi connectivity index (χ1) is 8.60. The number of carbonyl (C=O) groups is 1.